The van der Waals surface area contributed by atoms with Crippen molar-refractivity contribution in [2.24, 2.45) is 0 Å². The molecule has 3 heteroatoms. The summed E-state index contributed by atoms with van der Waals surface area (Å²) >= 11 is 0. The first-order chi connectivity index (χ1) is 7.38. The van der Waals surface area contributed by atoms with Gasteiger partial charge in [-0.2, -0.15) is 0 Å². The van der Waals surface area contributed by atoms with Crippen LogP contribution in [0, 0.1) is 12.3 Å². The van der Waals surface area contributed by atoms with Gasteiger partial charge in [-0.1, -0.05) is 6.92 Å². The maximum Gasteiger partial charge on any atom is 0.115 e. The molecule has 1 rings (SSSR count). The minimum absolute atomic E-state index is 0.280. The number of nitrogens with one attached hydrogen (secondary N) is 1. The highest BCUT2D eigenvalue weighted by Gasteiger charge is 2.09. The van der Waals surface area contributed by atoms with E-state index in [1.165, 1.54) is 0 Å². The van der Waals surface area contributed by atoms with Crippen LogP contribution in [-0.2, 0) is 0 Å². The van der Waals surface area contributed by atoms with E-state index < -0.39 is 0 Å². The first-order valence-electron chi connectivity index (χ1n) is 5.30. The normalized spacial score (nSPS) is 12.0. The Morgan fingerprint density at radius 1 is 1.47 bits per heavy atom. The van der Waals surface area contributed by atoms with E-state index in [1.54, 1.807) is 6.33 Å². The maximum atomic E-state index is 5.27. The van der Waals surface area contributed by atoms with Crippen LogP contribution in [0.4, 0.5) is 0 Å². The van der Waals surface area contributed by atoms with Gasteiger partial charge in [-0.25, -0.2) is 9.97 Å². The summed E-state index contributed by atoms with van der Waals surface area (Å²) in [6.45, 7) is 3.14. The van der Waals surface area contributed by atoms with Crippen LogP contribution in [0.25, 0.3) is 0 Å². The van der Waals surface area contributed by atoms with Gasteiger partial charge in [0.1, 0.15) is 6.33 Å². The minimum atomic E-state index is 0.280. The van der Waals surface area contributed by atoms with Crippen LogP contribution in [0.5, 0.6) is 0 Å². The Balaban J connectivity index is 2.59. The van der Waals surface area contributed by atoms with Crippen molar-refractivity contribution in [3.05, 3.63) is 24.3 Å². The predicted octanol–water partition coefficient (Wildman–Crippen LogP) is 1.93. The molecule has 1 unspecified atom stereocenters. The van der Waals surface area contributed by atoms with Crippen molar-refractivity contribution >= 4 is 0 Å². The number of nitrogens with zero attached hydrogens (tertiary/aromatic N) is 2. The van der Waals surface area contributed by atoms with E-state index in [4.69, 9.17) is 6.42 Å². The molecule has 1 heterocycles. The Labute approximate surface area is 91.3 Å². The molecule has 80 valence electrons. The van der Waals surface area contributed by atoms with Crippen molar-refractivity contribution in [3.8, 4) is 12.3 Å². The van der Waals surface area contributed by atoms with Crippen LogP contribution in [-0.4, -0.2) is 16.5 Å². The molecule has 0 aliphatic carbocycles. The van der Waals surface area contributed by atoms with Crippen LogP contribution >= 0.6 is 0 Å². The molecule has 0 amide bonds. The van der Waals surface area contributed by atoms with E-state index in [9.17, 15) is 0 Å². The van der Waals surface area contributed by atoms with E-state index in [0.717, 1.165) is 31.4 Å². The van der Waals surface area contributed by atoms with Crippen molar-refractivity contribution in [3.63, 3.8) is 0 Å². The highest BCUT2D eigenvalue weighted by atomic mass is 14.9. The highest BCUT2D eigenvalue weighted by Crippen LogP contribution is 2.16. The molecule has 0 fully saturated rings. The molecule has 3 nitrogen and oxygen atoms in total. The van der Waals surface area contributed by atoms with Crippen molar-refractivity contribution in [2.75, 3.05) is 6.54 Å². The average molecular weight is 203 g/mol. The van der Waals surface area contributed by atoms with Gasteiger partial charge in [0.25, 0.3) is 0 Å². The predicted molar refractivity (Wildman–Crippen MR) is 61.1 cm³/mol. The molecular weight excluding hydrogens is 186 g/mol. The Hall–Kier alpha value is -1.40. The molecule has 0 bridgehead atoms. The van der Waals surface area contributed by atoms with Gasteiger partial charge < -0.3 is 5.32 Å². The Kier molecular flexibility index (Phi) is 5.42. The molecule has 0 radical (unpaired) electrons. The first-order valence-corrected chi connectivity index (χ1v) is 5.30. The van der Waals surface area contributed by atoms with E-state index in [1.807, 2.05) is 12.4 Å². The van der Waals surface area contributed by atoms with Gasteiger partial charge in [0.15, 0.2) is 0 Å². The molecule has 0 aliphatic rings. The summed E-state index contributed by atoms with van der Waals surface area (Å²) in [4.78, 5) is 8.04. The Morgan fingerprint density at radius 3 is 2.80 bits per heavy atom. The van der Waals surface area contributed by atoms with E-state index in [0.29, 0.717) is 0 Å². The smallest absolute Gasteiger partial charge is 0.115 e. The third-order valence-electron chi connectivity index (χ3n) is 2.20. The van der Waals surface area contributed by atoms with Gasteiger partial charge in [0.05, 0.1) is 0 Å². The molecule has 15 heavy (non-hydrogen) atoms. The van der Waals surface area contributed by atoms with E-state index in [2.05, 4.69) is 28.1 Å². The average Bonchev–Trinajstić information content (AvgIpc) is 2.30. The maximum absolute atomic E-state index is 5.27. The van der Waals surface area contributed by atoms with Gasteiger partial charge in [0, 0.05) is 30.4 Å². The van der Waals surface area contributed by atoms with Crippen LogP contribution in [0.15, 0.2) is 18.7 Å². The molecule has 1 atom stereocenters. The lowest BCUT2D eigenvalue weighted by Gasteiger charge is -2.16. The highest BCUT2D eigenvalue weighted by molar-refractivity contribution is 5.09. The van der Waals surface area contributed by atoms with E-state index >= 15 is 0 Å². The largest absolute Gasteiger partial charge is 0.310 e. The molecule has 1 aromatic heterocycles. The zero-order chi connectivity index (χ0) is 10.9. The third-order valence-corrected chi connectivity index (χ3v) is 2.20. The summed E-state index contributed by atoms with van der Waals surface area (Å²) in [5.74, 6) is 2.66. The monoisotopic (exact) mass is 203 g/mol. The fourth-order valence-electron chi connectivity index (χ4n) is 1.42. The quantitative estimate of drug-likeness (QED) is 0.718. The summed E-state index contributed by atoms with van der Waals surface area (Å²) < 4.78 is 0. The second-order valence-electron chi connectivity index (χ2n) is 3.42. The summed E-state index contributed by atoms with van der Waals surface area (Å²) in [6, 6.07) is 0.280. The second-order valence-corrected chi connectivity index (χ2v) is 3.42. The first kappa shape index (κ1) is 11.7. The van der Waals surface area contributed by atoms with Crippen LogP contribution < -0.4 is 5.32 Å². The fourth-order valence-corrected chi connectivity index (χ4v) is 1.42. The molecule has 0 spiro atoms. The summed E-state index contributed by atoms with van der Waals surface area (Å²) in [5, 5.41) is 3.44. The number of hydrogen-bond donors (Lipinski definition) is 1. The van der Waals surface area contributed by atoms with E-state index in [-0.39, 0.29) is 6.04 Å². The molecule has 0 saturated heterocycles. The number of rotatable bonds is 6. The topological polar surface area (TPSA) is 37.8 Å². The fraction of sp³-hybridized carbons (Fsp3) is 0.500. The van der Waals surface area contributed by atoms with Crippen molar-refractivity contribution < 1.29 is 0 Å². The third kappa shape index (κ3) is 4.09. The minimum Gasteiger partial charge on any atom is -0.310 e. The standard InChI is InChI=1S/C12H17N3/c1-3-5-6-12(15-7-4-2)11-8-13-10-14-9-11/h1,8-10,12,15H,4-7H2,2H3. The van der Waals surface area contributed by atoms with Crippen LogP contribution in [0.1, 0.15) is 37.8 Å². The molecule has 1 N–H and O–H groups in total. The lowest BCUT2D eigenvalue weighted by molar-refractivity contribution is 0.503. The Bertz CT molecular complexity index is 302. The molecule has 0 aromatic carbocycles. The molecule has 1 aromatic rings. The summed E-state index contributed by atoms with van der Waals surface area (Å²) in [6.07, 6.45) is 13.3. The second kappa shape index (κ2) is 6.97. The SMILES string of the molecule is C#CCCC(NCCC)c1cncnc1. The van der Waals surface area contributed by atoms with Crippen molar-refractivity contribution in [2.45, 2.75) is 32.2 Å². The molecule has 0 saturated carbocycles. The summed E-state index contributed by atoms with van der Waals surface area (Å²) in [5.41, 5.74) is 1.11. The number of terminal acetylenes is 1. The molecular formula is C12H17N3. The van der Waals surface area contributed by atoms with Gasteiger partial charge in [-0.3, -0.25) is 0 Å². The Morgan fingerprint density at radius 2 is 2.20 bits per heavy atom. The van der Waals surface area contributed by atoms with Crippen molar-refractivity contribution in [1.82, 2.24) is 15.3 Å². The van der Waals surface area contributed by atoms with Gasteiger partial charge in [0.2, 0.25) is 0 Å². The number of hydrogen-bond acceptors (Lipinski definition) is 3. The zero-order valence-corrected chi connectivity index (χ0v) is 9.11. The van der Waals surface area contributed by atoms with Gasteiger partial charge >= 0.3 is 0 Å². The van der Waals surface area contributed by atoms with Crippen LogP contribution in [0.2, 0.25) is 0 Å². The van der Waals surface area contributed by atoms with Crippen LogP contribution in [0.3, 0.4) is 0 Å². The zero-order valence-electron chi connectivity index (χ0n) is 9.11. The van der Waals surface area contributed by atoms with Gasteiger partial charge in [-0.05, 0) is 19.4 Å². The summed E-state index contributed by atoms with van der Waals surface area (Å²) in [7, 11) is 0. The molecule has 0 aliphatic heterocycles. The van der Waals surface area contributed by atoms with Crippen molar-refractivity contribution in [1.29, 1.82) is 0 Å². The lowest BCUT2D eigenvalue weighted by Crippen LogP contribution is -2.22. The number of aromatic nitrogens is 2. The van der Waals surface area contributed by atoms with Gasteiger partial charge in [-0.15, -0.1) is 12.3 Å². The lowest BCUT2D eigenvalue weighted by atomic mass is 10.1.